The molecule has 0 bridgehead atoms. The van der Waals surface area contributed by atoms with Crippen LogP contribution < -0.4 is 9.64 Å². The van der Waals surface area contributed by atoms with Crippen LogP contribution in [0.5, 0.6) is 5.75 Å². The molecule has 1 fully saturated rings. The molecule has 0 saturated carbocycles. The summed E-state index contributed by atoms with van der Waals surface area (Å²) in [5.41, 5.74) is 2.69. The largest absolute Gasteiger partial charge is 0.494 e. The second-order valence-electron chi connectivity index (χ2n) is 9.06. The van der Waals surface area contributed by atoms with Crippen molar-refractivity contribution in [3.63, 3.8) is 0 Å². The Morgan fingerprint density at radius 3 is 2.59 bits per heavy atom. The van der Waals surface area contributed by atoms with Crippen LogP contribution in [0.2, 0.25) is 0 Å². The number of thiazole rings is 1. The lowest BCUT2D eigenvalue weighted by Crippen LogP contribution is -2.47. The Kier molecular flexibility index (Phi) is 7.28. The molecule has 9 heteroatoms. The minimum absolute atomic E-state index is 0.204. The number of aryl methyl sites for hydroxylation is 1. The van der Waals surface area contributed by atoms with E-state index in [1.54, 1.807) is 29.2 Å². The number of hydrogen-bond acceptors (Lipinski definition) is 6. The highest BCUT2D eigenvalue weighted by Gasteiger charge is 2.42. The highest BCUT2D eigenvalue weighted by molar-refractivity contribution is 7.89. The van der Waals surface area contributed by atoms with Gasteiger partial charge in [-0.25, -0.2) is 13.4 Å². The molecule has 0 radical (unpaired) electrons. The number of fused-ring (bicyclic) bond motifs is 1. The van der Waals surface area contributed by atoms with Crippen molar-refractivity contribution < 1.29 is 17.9 Å². The summed E-state index contributed by atoms with van der Waals surface area (Å²) >= 11 is 1.40. The molecule has 2 heterocycles. The minimum atomic E-state index is -3.82. The number of anilines is 1. The number of nitrogens with zero attached hydrogens (tertiary/aromatic N) is 3. The summed E-state index contributed by atoms with van der Waals surface area (Å²) in [5.74, 6) is 0.485. The van der Waals surface area contributed by atoms with Gasteiger partial charge in [-0.05, 0) is 62.6 Å². The van der Waals surface area contributed by atoms with Crippen molar-refractivity contribution in [2.45, 2.75) is 44.2 Å². The molecule has 5 rings (SSSR count). The summed E-state index contributed by atoms with van der Waals surface area (Å²) in [7, 11) is -3.82. The molecule has 1 saturated heterocycles. The Morgan fingerprint density at radius 2 is 1.86 bits per heavy atom. The standard InChI is InChI=1S/C28H29N3O4S2/c1-3-35-22-13-16-24-26(18-22)36-28(29-24)30(19-21-8-5-4-6-9-21)27(32)25-10-7-17-31(25)37(33,34)23-14-11-20(2)12-15-23/h4-6,8-9,11-16,18,25H,3,7,10,17,19H2,1-2H3. The SMILES string of the molecule is CCOc1ccc2nc(N(Cc3ccccc3)C(=O)C3CCCN3S(=O)(=O)c3ccc(C)cc3)sc2c1. The molecule has 4 aromatic rings. The number of carbonyl (C=O) groups is 1. The fourth-order valence-electron chi connectivity index (χ4n) is 4.57. The first-order valence-corrected chi connectivity index (χ1v) is 14.6. The van der Waals surface area contributed by atoms with Crippen molar-refractivity contribution in [2.24, 2.45) is 0 Å². The third kappa shape index (κ3) is 5.25. The molecule has 37 heavy (non-hydrogen) atoms. The van der Waals surface area contributed by atoms with E-state index < -0.39 is 16.1 Å². The number of benzene rings is 3. The van der Waals surface area contributed by atoms with Gasteiger partial charge in [-0.2, -0.15) is 4.31 Å². The van der Waals surface area contributed by atoms with Gasteiger partial charge < -0.3 is 4.74 Å². The third-order valence-corrected chi connectivity index (χ3v) is 9.42. The van der Waals surface area contributed by atoms with Crippen LogP contribution in [0.4, 0.5) is 5.13 Å². The zero-order valence-electron chi connectivity index (χ0n) is 20.8. The molecular formula is C28H29N3O4S2. The molecule has 0 N–H and O–H groups in total. The van der Waals surface area contributed by atoms with Crippen molar-refractivity contribution in [3.8, 4) is 5.75 Å². The van der Waals surface area contributed by atoms with Crippen LogP contribution in [0.1, 0.15) is 30.9 Å². The lowest BCUT2D eigenvalue weighted by Gasteiger charge is -2.28. The van der Waals surface area contributed by atoms with Crippen LogP contribution in [0.25, 0.3) is 10.2 Å². The summed E-state index contributed by atoms with van der Waals surface area (Å²) in [6.07, 6.45) is 1.09. The van der Waals surface area contributed by atoms with Crippen LogP contribution in [0.3, 0.4) is 0 Å². The molecule has 3 aromatic carbocycles. The molecule has 0 aliphatic carbocycles. The minimum Gasteiger partial charge on any atom is -0.494 e. The van der Waals surface area contributed by atoms with Crippen LogP contribution in [-0.4, -0.2) is 42.8 Å². The summed E-state index contributed by atoms with van der Waals surface area (Å²) in [6.45, 7) is 5.01. The number of sulfonamides is 1. The van der Waals surface area contributed by atoms with Gasteiger partial charge in [0.1, 0.15) is 11.8 Å². The Balaban J connectivity index is 1.51. The summed E-state index contributed by atoms with van der Waals surface area (Å²) < 4.78 is 35.0. The Labute approximate surface area is 221 Å². The van der Waals surface area contributed by atoms with Crippen molar-refractivity contribution in [1.29, 1.82) is 0 Å². The van der Waals surface area contributed by atoms with Crippen molar-refractivity contribution >= 4 is 42.6 Å². The first-order valence-electron chi connectivity index (χ1n) is 12.3. The van der Waals surface area contributed by atoms with Gasteiger partial charge in [0, 0.05) is 6.54 Å². The molecule has 0 spiro atoms. The maximum atomic E-state index is 14.1. The second-order valence-corrected chi connectivity index (χ2v) is 12.0. The molecule has 1 unspecified atom stereocenters. The van der Waals surface area contributed by atoms with Gasteiger partial charge in [0.2, 0.25) is 15.9 Å². The van der Waals surface area contributed by atoms with Gasteiger partial charge in [-0.15, -0.1) is 0 Å². The first kappa shape index (κ1) is 25.4. The van der Waals surface area contributed by atoms with Crippen molar-refractivity contribution in [3.05, 3.63) is 83.9 Å². The Morgan fingerprint density at radius 1 is 1.11 bits per heavy atom. The smallest absolute Gasteiger partial charge is 0.247 e. The molecular weight excluding hydrogens is 506 g/mol. The van der Waals surface area contributed by atoms with Gasteiger partial charge in [-0.3, -0.25) is 9.69 Å². The van der Waals surface area contributed by atoms with Crippen LogP contribution >= 0.6 is 11.3 Å². The molecule has 1 atom stereocenters. The maximum Gasteiger partial charge on any atom is 0.247 e. The van der Waals surface area contributed by atoms with Crippen LogP contribution in [0.15, 0.2) is 77.7 Å². The number of hydrogen-bond donors (Lipinski definition) is 0. The molecule has 192 valence electrons. The maximum absolute atomic E-state index is 14.1. The van der Waals surface area contributed by atoms with E-state index in [0.717, 1.165) is 27.1 Å². The van der Waals surface area contributed by atoms with E-state index in [9.17, 15) is 13.2 Å². The lowest BCUT2D eigenvalue weighted by molar-refractivity contribution is -0.121. The number of rotatable bonds is 8. The predicted octanol–water partition coefficient (Wildman–Crippen LogP) is 5.39. The Bertz CT molecular complexity index is 1500. The van der Waals surface area contributed by atoms with Gasteiger partial charge in [0.15, 0.2) is 5.13 Å². The highest BCUT2D eigenvalue weighted by atomic mass is 32.2. The van der Waals surface area contributed by atoms with Gasteiger partial charge in [-0.1, -0.05) is 59.4 Å². The number of amides is 1. The van der Waals surface area contributed by atoms with Gasteiger partial charge in [0.05, 0.1) is 28.3 Å². The van der Waals surface area contributed by atoms with E-state index in [1.807, 2.05) is 62.4 Å². The zero-order chi connectivity index (χ0) is 26.0. The summed E-state index contributed by atoms with van der Waals surface area (Å²) in [5, 5.41) is 0.539. The van der Waals surface area contributed by atoms with E-state index in [1.165, 1.54) is 15.6 Å². The number of aromatic nitrogens is 1. The van der Waals surface area contributed by atoms with Gasteiger partial charge >= 0.3 is 0 Å². The number of ether oxygens (including phenoxy) is 1. The molecule has 1 aromatic heterocycles. The van der Waals surface area contributed by atoms with Crippen molar-refractivity contribution in [2.75, 3.05) is 18.1 Å². The normalized spacial score (nSPS) is 16.2. The fraction of sp³-hybridized carbons (Fsp3) is 0.286. The van der Waals surface area contributed by atoms with Crippen LogP contribution in [0, 0.1) is 6.92 Å². The first-order chi connectivity index (χ1) is 17.9. The van der Waals surface area contributed by atoms with E-state index in [2.05, 4.69) is 0 Å². The molecule has 1 aliphatic heterocycles. The topological polar surface area (TPSA) is 79.8 Å². The lowest BCUT2D eigenvalue weighted by atomic mass is 10.1. The molecule has 7 nitrogen and oxygen atoms in total. The average Bonchev–Trinajstić information content (AvgIpc) is 3.56. The quantitative estimate of drug-likeness (QED) is 0.302. The monoisotopic (exact) mass is 535 g/mol. The fourth-order valence-corrected chi connectivity index (χ4v) is 7.22. The van der Waals surface area contributed by atoms with Crippen molar-refractivity contribution in [1.82, 2.24) is 9.29 Å². The number of carbonyl (C=O) groups excluding carboxylic acids is 1. The molecule has 1 aliphatic rings. The third-order valence-electron chi connectivity index (χ3n) is 6.46. The summed E-state index contributed by atoms with van der Waals surface area (Å²) in [4.78, 5) is 20.7. The highest BCUT2D eigenvalue weighted by Crippen LogP contribution is 2.35. The average molecular weight is 536 g/mol. The Hall–Kier alpha value is -3.27. The predicted molar refractivity (Wildman–Crippen MR) is 147 cm³/mol. The summed E-state index contributed by atoms with van der Waals surface area (Å²) in [6, 6.07) is 21.3. The van der Waals surface area contributed by atoms with E-state index in [0.29, 0.717) is 37.7 Å². The second kappa shape index (κ2) is 10.6. The van der Waals surface area contributed by atoms with Crippen LogP contribution in [-0.2, 0) is 21.4 Å². The van der Waals surface area contributed by atoms with E-state index >= 15 is 0 Å². The van der Waals surface area contributed by atoms with E-state index in [4.69, 9.17) is 9.72 Å². The van der Waals surface area contributed by atoms with E-state index in [-0.39, 0.29) is 10.8 Å². The van der Waals surface area contributed by atoms with Gasteiger partial charge in [0.25, 0.3) is 0 Å². The molecule has 1 amide bonds. The zero-order valence-corrected chi connectivity index (χ0v) is 22.5.